The number of nitrogens with zero attached hydrogens (tertiary/aromatic N) is 1. The van der Waals surface area contributed by atoms with E-state index in [0.717, 1.165) is 44.7 Å². The Hall–Kier alpha value is -0.120. The second-order valence-electron chi connectivity index (χ2n) is 5.65. The van der Waals surface area contributed by atoms with E-state index in [4.69, 9.17) is 10.5 Å². The minimum Gasteiger partial charge on any atom is -0.380 e. The number of likely N-dealkylation sites (N-methyl/N-ethyl adjacent to an activating group) is 1. The fourth-order valence-electron chi connectivity index (χ4n) is 3.19. The van der Waals surface area contributed by atoms with Crippen LogP contribution in [0, 0.1) is 11.8 Å². The lowest BCUT2D eigenvalue weighted by atomic mass is 9.78. The zero-order valence-electron chi connectivity index (χ0n) is 12.5. The highest BCUT2D eigenvalue weighted by atomic mass is 16.5. The first-order valence-corrected chi connectivity index (χ1v) is 7.74. The van der Waals surface area contributed by atoms with Gasteiger partial charge in [-0.1, -0.05) is 26.7 Å². The van der Waals surface area contributed by atoms with Crippen molar-refractivity contribution in [2.24, 2.45) is 17.6 Å². The van der Waals surface area contributed by atoms with Crippen molar-refractivity contribution in [1.29, 1.82) is 0 Å². The summed E-state index contributed by atoms with van der Waals surface area (Å²) in [4.78, 5) is 2.52. The molecule has 0 aromatic rings. The van der Waals surface area contributed by atoms with Gasteiger partial charge in [-0.05, 0) is 38.1 Å². The molecule has 0 heterocycles. The Morgan fingerprint density at radius 1 is 1.22 bits per heavy atom. The van der Waals surface area contributed by atoms with E-state index in [1.54, 1.807) is 0 Å². The van der Waals surface area contributed by atoms with Crippen LogP contribution in [0.3, 0.4) is 0 Å². The van der Waals surface area contributed by atoms with Crippen LogP contribution < -0.4 is 5.73 Å². The van der Waals surface area contributed by atoms with Crippen LogP contribution >= 0.6 is 0 Å². The van der Waals surface area contributed by atoms with E-state index in [2.05, 4.69) is 25.7 Å². The van der Waals surface area contributed by atoms with Crippen molar-refractivity contribution >= 4 is 0 Å². The first-order chi connectivity index (χ1) is 8.72. The molecule has 0 aliphatic heterocycles. The molecule has 3 heteroatoms. The maximum atomic E-state index is 6.04. The first-order valence-electron chi connectivity index (χ1n) is 7.74. The monoisotopic (exact) mass is 256 g/mol. The summed E-state index contributed by atoms with van der Waals surface area (Å²) >= 11 is 0. The largest absolute Gasteiger partial charge is 0.380 e. The van der Waals surface area contributed by atoms with Crippen molar-refractivity contribution in [2.45, 2.75) is 52.5 Å². The number of hydrogen-bond donors (Lipinski definition) is 1. The number of hydrogen-bond acceptors (Lipinski definition) is 3. The molecular weight excluding hydrogens is 224 g/mol. The first kappa shape index (κ1) is 15.9. The van der Waals surface area contributed by atoms with Crippen LogP contribution in [-0.2, 0) is 4.74 Å². The summed E-state index contributed by atoms with van der Waals surface area (Å²) in [5.74, 6) is 1.71. The predicted molar refractivity (Wildman–Crippen MR) is 77.7 cm³/mol. The normalized spacial score (nSPS) is 26.5. The molecule has 1 aliphatic carbocycles. The molecule has 2 N–H and O–H groups in total. The van der Waals surface area contributed by atoms with E-state index in [0.29, 0.717) is 6.04 Å². The molecule has 0 radical (unpaired) electrons. The zero-order chi connectivity index (χ0) is 13.4. The van der Waals surface area contributed by atoms with Crippen LogP contribution in [0.5, 0.6) is 0 Å². The van der Waals surface area contributed by atoms with E-state index in [1.807, 2.05) is 0 Å². The van der Waals surface area contributed by atoms with Crippen molar-refractivity contribution in [3.63, 3.8) is 0 Å². The molecule has 0 aromatic carbocycles. The van der Waals surface area contributed by atoms with Gasteiger partial charge in [0.05, 0.1) is 6.61 Å². The van der Waals surface area contributed by atoms with Crippen molar-refractivity contribution in [1.82, 2.24) is 4.90 Å². The fourth-order valence-corrected chi connectivity index (χ4v) is 3.19. The Morgan fingerprint density at radius 2 is 1.89 bits per heavy atom. The second kappa shape index (κ2) is 8.89. The molecule has 0 amide bonds. The van der Waals surface area contributed by atoms with Gasteiger partial charge in [-0.25, -0.2) is 0 Å². The Bertz CT molecular complexity index is 203. The molecule has 1 atom stereocenters. The van der Waals surface area contributed by atoms with Gasteiger partial charge >= 0.3 is 0 Å². The molecular formula is C15H32N2O. The summed E-state index contributed by atoms with van der Waals surface area (Å²) in [6.45, 7) is 11.2. The maximum absolute atomic E-state index is 6.04. The fraction of sp³-hybridized carbons (Fsp3) is 1.00. The van der Waals surface area contributed by atoms with Gasteiger partial charge in [0, 0.05) is 25.7 Å². The lowest BCUT2D eigenvalue weighted by Gasteiger charge is -2.39. The number of rotatable bonds is 8. The third kappa shape index (κ3) is 4.87. The molecule has 1 unspecified atom stereocenters. The molecule has 0 saturated heterocycles. The third-order valence-corrected chi connectivity index (χ3v) is 4.45. The highest BCUT2D eigenvalue weighted by molar-refractivity contribution is 4.83. The molecule has 1 fully saturated rings. The van der Waals surface area contributed by atoms with Crippen LogP contribution in [0.15, 0.2) is 0 Å². The standard InChI is InChI=1S/C15H32N2O/c1-4-17(10-11-18-5-2)15(12-16)14-8-6-13(3)7-9-14/h13-15H,4-12,16H2,1-3H3. The van der Waals surface area contributed by atoms with E-state index in [-0.39, 0.29) is 0 Å². The SMILES string of the molecule is CCOCCN(CC)C(CN)C1CCC(C)CC1. The van der Waals surface area contributed by atoms with E-state index < -0.39 is 0 Å². The van der Waals surface area contributed by atoms with Gasteiger partial charge in [-0.3, -0.25) is 4.90 Å². The molecule has 1 saturated carbocycles. The van der Waals surface area contributed by atoms with Crippen LogP contribution in [0.25, 0.3) is 0 Å². The van der Waals surface area contributed by atoms with E-state index >= 15 is 0 Å². The van der Waals surface area contributed by atoms with Gasteiger partial charge in [0.1, 0.15) is 0 Å². The van der Waals surface area contributed by atoms with Gasteiger partial charge in [-0.2, -0.15) is 0 Å². The Labute approximate surface area is 113 Å². The van der Waals surface area contributed by atoms with Crippen LogP contribution in [0.1, 0.15) is 46.5 Å². The summed E-state index contributed by atoms with van der Waals surface area (Å²) in [5.41, 5.74) is 6.04. The molecule has 0 aromatic heterocycles. The Balaban J connectivity index is 2.45. The quantitative estimate of drug-likeness (QED) is 0.678. The summed E-state index contributed by atoms with van der Waals surface area (Å²) < 4.78 is 5.48. The lowest BCUT2D eigenvalue weighted by Crippen LogP contribution is -2.47. The molecule has 1 aliphatic rings. The van der Waals surface area contributed by atoms with E-state index in [9.17, 15) is 0 Å². The van der Waals surface area contributed by atoms with Crippen molar-refractivity contribution in [3.8, 4) is 0 Å². The minimum atomic E-state index is 0.558. The highest BCUT2D eigenvalue weighted by Crippen LogP contribution is 2.32. The van der Waals surface area contributed by atoms with Gasteiger partial charge in [0.2, 0.25) is 0 Å². The lowest BCUT2D eigenvalue weighted by molar-refractivity contribution is 0.0687. The average Bonchev–Trinajstić information content (AvgIpc) is 2.40. The summed E-state index contributed by atoms with van der Waals surface area (Å²) in [6.07, 6.45) is 5.47. The van der Waals surface area contributed by atoms with Gasteiger partial charge in [-0.15, -0.1) is 0 Å². The second-order valence-corrected chi connectivity index (χ2v) is 5.65. The molecule has 108 valence electrons. The van der Waals surface area contributed by atoms with Gasteiger partial charge in [0.15, 0.2) is 0 Å². The highest BCUT2D eigenvalue weighted by Gasteiger charge is 2.28. The summed E-state index contributed by atoms with van der Waals surface area (Å²) in [6, 6.07) is 0.558. The molecule has 1 rings (SSSR count). The summed E-state index contributed by atoms with van der Waals surface area (Å²) in [5, 5.41) is 0. The predicted octanol–water partition coefficient (Wildman–Crippen LogP) is 2.50. The topological polar surface area (TPSA) is 38.5 Å². The van der Waals surface area contributed by atoms with Gasteiger partial charge in [0.25, 0.3) is 0 Å². The molecule has 18 heavy (non-hydrogen) atoms. The number of nitrogens with two attached hydrogens (primary N) is 1. The Morgan fingerprint density at radius 3 is 2.39 bits per heavy atom. The smallest absolute Gasteiger partial charge is 0.0593 e. The Kier molecular flexibility index (Phi) is 7.87. The van der Waals surface area contributed by atoms with Gasteiger partial charge < -0.3 is 10.5 Å². The van der Waals surface area contributed by atoms with Crippen LogP contribution in [-0.4, -0.2) is 43.8 Å². The van der Waals surface area contributed by atoms with E-state index in [1.165, 1.54) is 25.7 Å². The molecule has 0 spiro atoms. The van der Waals surface area contributed by atoms with Crippen molar-refractivity contribution < 1.29 is 4.74 Å². The minimum absolute atomic E-state index is 0.558. The van der Waals surface area contributed by atoms with Crippen LogP contribution in [0.4, 0.5) is 0 Å². The third-order valence-electron chi connectivity index (χ3n) is 4.45. The molecule has 3 nitrogen and oxygen atoms in total. The van der Waals surface area contributed by atoms with Crippen molar-refractivity contribution in [2.75, 3.05) is 32.8 Å². The summed E-state index contributed by atoms with van der Waals surface area (Å²) in [7, 11) is 0. The van der Waals surface area contributed by atoms with Crippen LogP contribution in [0.2, 0.25) is 0 Å². The average molecular weight is 256 g/mol. The maximum Gasteiger partial charge on any atom is 0.0593 e. The number of ether oxygens (including phenoxy) is 1. The zero-order valence-corrected chi connectivity index (χ0v) is 12.5. The molecule has 0 bridgehead atoms. The van der Waals surface area contributed by atoms with Crippen molar-refractivity contribution in [3.05, 3.63) is 0 Å².